The van der Waals surface area contributed by atoms with Crippen molar-refractivity contribution in [3.05, 3.63) is 27.7 Å². The van der Waals surface area contributed by atoms with Gasteiger partial charge in [0.15, 0.2) is 10.2 Å². The van der Waals surface area contributed by atoms with Crippen molar-refractivity contribution in [3.63, 3.8) is 0 Å². The Balaban J connectivity index is 2.46. The quantitative estimate of drug-likeness (QED) is 0.646. The second kappa shape index (κ2) is 6.27. The molecule has 8 nitrogen and oxygen atoms in total. The molecule has 0 spiro atoms. The molecular weight excluding hydrogens is 294 g/mol. The molecule has 0 saturated heterocycles. The number of hydrogen-bond acceptors (Lipinski definition) is 6. The van der Waals surface area contributed by atoms with Gasteiger partial charge in [-0.25, -0.2) is 4.98 Å². The Hall–Kier alpha value is -1.87. The number of aromatic nitrogens is 4. The van der Waals surface area contributed by atoms with Gasteiger partial charge in [0.25, 0.3) is 0 Å². The summed E-state index contributed by atoms with van der Waals surface area (Å²) in [4.78, 5) is 15.1. The van der Waals surface area contributed by atoms with E-state index in [0.29, 0.717) is 28.1 Å². The van der Waals surface area contributed by atoms with Crippen LogP contribution in [0, 0.1) is 17.0 Å². The van der Waals surface area contributed by atoms with E-state index in [-0.39, 0.29) is 12.3 Å². The summed E-state index contributed by atoms with van der Waals surface area (Å²) in [7, 11) is 1.76. The molecule has 0 saturated carbocycles. The molecule has 0 aliphatic heterocycles. The van der Waals surface area contributed by atoms with Crippen LogP contribution in [0.2, 0.25) is 0 Å². The van der Waals surface area contributed by atoms with E-state index >= 15 is 0 Å². The van der Waals surface area contributed by atoms with E-state index in [0.717, 1.165) is 6.42 Å². The summed E-state index contributed by atoms with van der Waals surface area (Å²) in [5, 5.41) is 25.8. The number of nitrogens with zero attached hydrogens (tertiary/aromatic N) is 5. The number of aliphatic hydroxyl groups is 1. The van der Waals surface area contributed by atoms with Crippen LogP contribution in [0.25, 0.3) is 0 Å². The lowest BCUT2D eigenvalue weighted by Gasteiger charge is -2.06. The summed E-state index contributed by atoms with van der Waals surface area (Å²) >= 11 is 1.19. The fraction of sp³-hybridized carbons (Fsp3) is 0.500. The molecule has 2 rings (SSSR count). The van der Waals surface area contributed by atoms with Gasteiger partial charge in [0, 0.05) is 13.6 Å². The molecule has 0 radical (unpaired) electrons. The minimum atomic E-state index is -0.410. The van der Waals surface area contributed by atoms with Crippen molar-refractivity contribution in [2.24, 2.45) is 7.05 Å². The lowest BCUT2D eigenvalue weighted by Crippen LogP contribution is -2.03. The van der Waals surface area contributed by atoms with E-state index in [1.54, 1.807) is 29.4 Å². The van der Waals surface area contributed by atoms with E-state index < -0.39 is 4.92 Å². The molecule has 0 bridgehead atoms. The first kappa shape index (κ1) is 15.5. The monoisotopic (exact) mass is 311 g/mol. The second-order valence-corrected chi connectivity index (χ2v) is 5.53. The number of rotatable bonds is 6. The van der Waals surface area contributed by atoms with Gasteiger partial charge in [0.05, 0.1) is 23.4 Å². The van der Waals surface area contributed by atoms with Crippen LogP contribution in [0.1, 0.15) is 24.7 Å². The summed E-state index contributed by atoms with van der Waals surface area (Å²) in [6, 6.07) is 0. The summed E-state index contributed by atoms with van der Waals surface area (Å²) < 4.78 is 3.36. The Kier molecular flexibility index (Phi) is 4.63. The highest BCUT2D eigenvalue weighted by atomic mass is 32.2. The number of aryl methyl sites for hydroxylation is 2. The van der Waals surface area contributed by atoms with Crippen molar-refractivity contribution >= 4 is 17.4 Å². The average Bonchev–Trinajstić information content (AvgIpc) is 2.92. The zero-order valence-electron chi connectivity index (χ0n) is 12.1. The van der Waals surface area contributed by atoms with Gasteiger partial charge in [-0.3, -0.25) is 14.8 Å². The van der Waals surface area contributed by atoms with E-state index in [1.807, 2.05) is 6.92 Å². The molecular formula is C12H17N5O3S. The molecule has 0 amide bonds. The fourth-order valence-corrected chi connectivity index (χ4v) is 3.07. The standard InChI is InChI=1S/C12H17N5O3S/c1-4-5-16-11(10(17(19)20)8(2)14-16)21-12-13-6-9(7-18)15(12)3/h6,18H,4-5,7H2,1-3H3. The number of hydrogen-bond donors (Lipinski definition) is 1. The highest BCUT2D eigenvalue weighted by molar-refractivity contribution is 7.99. The molecule has 0 aromatic carbocycles. The van der Waals surface area contributed by atoms with Crippen molar-refractivity contribution in [2.75, 3.05) is 0 Å². The van der Waals surface area contributed by atoms with Crippen LogP contribution in [0.5, 0.6) is 0 Å². The molecule has 2 aromatic rings. The smallest absolute Gasteiger partial charge is 0.324 e. The van der Waals surface area contributed by atoms with Crippen LogP contribution in [-0.2, 0) is 20.2 Å². The van der Waals surface area contributed by atoms with Gasteiger partial charge in [-0.05, 0) is 25.1 Å². The average molecular weight is 311 g/mol. The van der Waals surface area contributed by atoms with Crippen LogP contribution in [0.4, 0.5) is 5.69 Å². The maximum atomic E-state index is 11.3. The van der Waals surface area contributed by atoms with Crippen molar-refractivity contribution in [3.8, 4) is 0 Å². The molecule has 0 atom stereocenters. The zero-order valence-corrected chi connectivity index (χ0v) is 12.9. The molecule has 0 aliphatic carbocycles. The third-order valence-corrected chi connectivity index (χ3v) is 4.22. The predicted molar refractivity (Wildman–Crippen MR) is 77.2 cm³/mol. The topological polar surface area (TPSA) is 99.0 Å². The maximum Gasteiger partial charge on any atom is 0.324 e. The molecule has 0 aliphatic rings. The van der Waals surface area contributed by atoms with Gasteiger partial charge >= 0.3 is 5.69 Å². The normalized spacial score (nSPS) is 11.0. The minimum Gasteiger partial charge on any atom is -0.390 e. The number of imidazole rings is 1. The van der Waals surface area contributed by atoms with E-state index in [2.05, 4.69) is 10.1 Å². The summed E-state index contributed by atoms with van der Waals surface area (Å²) in [5.41, 5.74) is 1.06. The number of nitro groups is 1. The first-order chi connectivity index (χ1) is 9.99. The third kappa shape index (κ3) is 2.93. The van der Waals surface area contributed by atoms with Gasteiger partial charge in [-0.15, -0.1) is 0 Å². The van der Waals surface area contributed by atoms with E-state index in [1.165, 1.54) is 11.8 Å². The Bertz CT molecular complexity index is 664. The molecule has 1 N–H and O–H groups in total. The second-order valence-electron chi connectivity index (χ2n) is 4.57. The Labute approximate surface area is 125 Å². The maximum absolute atomic E-state index is 11.3. The van der Waals surface area contributed by atoms with Gasteiger partial charge < -0.3 is 9.67 Å². The molecule has 2 aromatic heterocycles. The highest BCUT2D eigenvalue weighted by Gasteiger charge is 2.27. The van der Waals surface area contributed by atoms with Crippen molar-refractivity contribution < 1.29 is 10.0 Å². The van der Waals surface area contributed by atoms with Crippen LogP contribution >= 0.6 is 11.8 Å². The molecule has 0 unspecified atom stereocenters. The van der Waals surface area contributed by atoms with Crippen molar-refractivity contribution in [2.45, 2.75) is 43.6 Å². The molecule has 0 fully saturated rings. The van der Waals surface area contributed by atoms with Gasteiger partial charge in [-0.1, -0.05) is 6.92 Å². The lowest BCUT2D eigenvalue weighted by atomic mass is 10.4. The van der Waals surface area contributed by atoms with Gasteiger partial charge in [0.1, 0.15) is 5.69 Å². The molecule has 21 heavy (non-hydrogen) atoms. The summed E-state index contributed by atoms with van der Waals surface area (Å²) in [6.45, 7) is 4.10. The highest BCUT2D eigenvalue weighted by Crippen LogP contribution is 2.36. The van der Waals surface area contributed by atoms with Crippen LogP contribution in [-0.4, -0.2) is 29.4 Å². The van der Waals surface area contributed by atoms with Gasteiger partial charge in [-0.2, -0.15) is 5.10 Å². The first-order valence-corrected chi connectivity index (χ1v) is 7.32. The lowest BCUT2D eigenvalue weighted by molar-refractivity contribution is -0.388. The first-order valence-electron chi connectivity index (χ1n) is 6.50. The predicted octanol–water partition coefficient (Wildman–Crippen LogP) is 1.89. The minimum absolute atomic E-state index is 0.0157. The van der Waals surface area contributed by atoms with E-state index in [9.17, 15) is 15.2 Å². The Morgan fingerprint density at radius 1 is 1.52 bits per heavy atom. The zero-order chi connectivity index (χ0) is 15.6. The van der Waals surface area contributed by atoms with Gasteiger partial charge in [0.2, 0.25) is 0 Å². The largest absolute Gasteiger partial charge is 0.390 e. The third-order valence-electron chi connectivity index (χ3n) is 3.06. The molecule has 114 valence electrons. The SMILES string of the molecule is CCCn1nc(C)c([N+](=O)[O-])c1Sc1ncc(CO)n1C. The molecule has 2 heterocycles. The summed E-state index contributed by atoms with van der Waals surface area (Å²) in [6.07, 6.45) is 2.38. The van der Waals surface area contributed by atoms with Crippen molar-refractivity contribution in [1.29, 1.82) is 0 Å². The van der Waals surface area contributed by atoms with Crippen LogP contribution in [0.3, 0.4) is 0 Å². The van der Waals surface area contributed by atoms with Crippen LogP contribution in [0.15, 0.2) is 16.4 Å². The number of aliphatic hydroxyl groups excluding tert-OH is 1. The Morgan fingerprint density at radius 3 is 2.76 bits per heavy atom. The fourth-order valence-electron chi connectivity index (χ4n) is 1.98. The molecule has 9 heteroatoms. The Morgan fingerprint density at radius 2 is 2.24 bits per heavy atom. The summed E-state index contributed by atoms with van der Waals surface area (Å²) in [5.74, 6) is 0. The van der Waals surface area contributed by atoms with Crippen molar-refractivity contribution in [1.82, 2.24) is 19.3 Å². The van der Waals surface area contributed by atoms with Crippen LogP contribution < -0.4 is 0 Å². The van der Waals surface area contributed by atoms with E-state index in [4.69, 9.17) is 0 Å².